The van der Waals surface area contributed by atoms with E-state index in [1.54, 1.807) is 0 Å². The molecule has 0 spiro atoms. The summed E-state index contributed by atoms with van der Waals surface area (Å²) in [7, 11) is 0. The fourth-order valence-electron chi connectivity index (χ4n) is 3.30. The Morgan fingerprint density at radius 1 is 1.27 bits per heavy atom. The number of benzene rings is 2. The molecular weight excluding hydrogens is 404 g/mol. The molecule has 0 bridgehead atoms. The van der Waals surface area contributed by atoms with Gasteiger partial charge in [0.1, 0.15) is 22.5 Å². The lowest BCUT2D eigenvalue weighted by molar-refractivity contribution is -0.121. The Morgan fingerprint density at radius 3 is 2.90 bits per heavy atom. The van der Waals surface area contributed by atoms with Gasteiger partial charge in [-0.3, -0.25) is 4.79 Å². The summed E-state index contributed by atoms with van der Waals surface area (Å²) in [6.07, 6.45) is 3.14. The number of ether oxygens (including phenoxy) is 3. The van der Waals surface area contributed by atoms with Crippen molar-refractivity contribution in [2.45, 2.75) is 25.9 Å². The van der Waals surface area contributed by atoms with Gasteiger partial charge < -0.3 is 19.9 Å². The first-order valence-electron chi connectivity index (χ1n) is 9.44. The van der Waals surface area contributed by atoms with Crippen molar-refractivity contribution in [2.75, 3.05) is 6.61 Å². The molecule has 1 aromatic heterocycles. The van der Waals surface area contributed by atoms with Crippen LogP contribution in [0.2, 0.25) is 0 Å². The van der Waals surface area contributed by atoms with Crippen molar-refractivity contribution in [3.05, 3.63) is 70.2 Å². The first-order valence-corrected chi connectivity index (χ1v) is 10.3. The van der Waals surface area contributed by atoms with Crippen LogP contribution in [-0.4, -0.2) is 23.5 Å². The average molecular weight is 424 g/mol. The van der Waals surface area contributed by atoms with Crippen molar-refractivity contribution < 1.29 is 23.8 Å². The Labute approximate surface area is 177 Å². The van der Waals surface area contributed by atoms with E-state index in [2.05, 4.69) is 24.0 Å². The average Bonchev–Trinajstić information content (AvgIpc) is 3.20. The van der Waals surface area contributed by atoms with Crippen LogP contribution in [0.3, 0.4) is 0 Å². The van der Waals surface area contributed by atoms with Gasteiger partial charge in [0.15, 0.2) is 6.61 Å². The van der Waals surface area contributed by atoms with Gasteiger partial charge in [0, 0.05) is 0 Å². The van der Waals surface area contributed by atoms with E-state index < -0.39 is 18.5 Å². The van der Waals surface area contributed by atoms with Crippen molar-refractivity contribution in [3.8, 4) is 16.7 Å². The maximum Gasteiger partial charge on any atom is 0.350 e. The highest BCUT2D eigenvalue weighted by atomic mass is 32.1. The first-order chi connectivity index (χ1) is 14.5. The number of thiazole rings is 1. The minimum atomic E-state index is -0.717. The molecule has 8 heteroatoms. The SMILES string of the molecule is Cc1ccccc1[C@H]1CCc2cc(Oc3ncc(C(=O)OCC(N)=O)s3)ccc2O1. The minimum absolute atomic E-state index is 0.0402. The van der Waals surface area contributed by atoms with Gasteiger partial charge in [0.05, 0.1) is 6.20 Å². The van der Waals surface area contributed by atoms with Gasteiger partial charge in [-0.15, -0.1) is 0 Å². The topological polar surface area (TPSA) is 101 Å². The number of amides is 1. The molecule has 154 valence electrons. The first kappa shape index (κ1) is 19.9. The van der Waals surface area contributed by atoms with E-state index >= 15 is 0 Å². The highest BCUT2D eigenvalue weighted by Gasteiger charge is 2.23. The van der Waals surface area contributed by atoms with Gasteiger partial charge in [-0.25, -0.2) is 9.78 Å². The number of fused-ring (bicyclic) bond motifs is 1. The standard InChI is InChI=1S/C22H20N2O5S/c1-13-4-2-3-5-16(13)18-8-6-14-10-15(7-9-17(14)29-18)28-22-24-11-19(30-22)21(26)27-12-20(23)25/h2-5,7,9-11,18H,6,8,12H2,1H3,(H2,23,25)/t18-/m1/s1. The molecule has 1 atom stereocenters. The summed E-state index contributed by atoms with van der Waals surface area (Å²) in [5.74, 6) is 0.0716. The van der Waals surface area contributed by atoms with Gasteiger partial charge in [-0.2, -0.15) is 0 Å². The number of carbonyl (C=O) groups is 2. The number of hydrogen-bond acceptors (Lipinski definition) is 7. The molecule has 0 saturated heterocycles. The van der Waals surface area contributed by atoms with E-state index in [4.69, 9.17) is 19.9 Å². The third-order valence-electron chi connectivity index (χ3n) is 4.75. The number of esters is 1. The fourth-order valence-corrected chi connectivity index (χ4v) is 3.98. The van der Waals surface area contributed by atoms with Crippen molar-refractivity contribution >= 4 is 23.2 Å². The number of rotatable bonds is 6. The van der Waals surface area contributed by atoms with E-state index in [9.17, 15) is 9.59 Å². The molecule has 0 saturated carbocycles. The molecule has 0 aliphatic carbocycles. The molecule has 0 radical (unpaired) electrons. The van der Waals surface area contributed by atoms with Crippen LogP contribution in [0, 0.1) is 6.92 Å². The lowest BCUT2D eigenvalue weighted by atomic mass is 9.95. The Hall–Kier alpha value is -3.39. The Bertz CT molecular complexity index is 1090. The second-order valence-corrected chi connectivity index (χ2v) is 7.90. The lowest BCUT2D eigenvalue weighted by Gasteiger charge is -2.27. The summed E-state index contributed by atoms with van der Waals surface area (Å²) < 4.78 is 16.8. The molecule has 1 amide bonds. The molecular formula is C22H20N2O5S. The smallest absolute Gasteiger partial charge is 0.350 e. The second-order valence-electron chi connectivity index (χ2n) is 6.91. The summed E-state index contributed by atoms with van der Waals surface area (Å²) in [4.78, 5) is 26.9. The second kappa shape index (κ2) is 8.54. The molecule has 4 rings (SSSR count). The Kier molecular flexibility index (Phi) is 5.67. The molecule has 30 heavy (non-hydrogen) atoms. The number of carbonyl (C=O) groups excluding carboxylic acids is 2. The zero-order chi connectivity index (χ0) is 21.1. The number of aromatic nitrogens is 1. The lowest BCUT2D eigenvalue weighted by Crippen LogP contribution is -2.20. The number of nitrogens with two attached hydrogens (primary N) is 1. The summed E-state index contributed by atoms with van der Waals surface area (Å²) in [5.41, 5.74) is 8.46. The van der Waals surface area contributed by atoms with Crippen molar-refractivity contribution in [2.24, 2.45) is 5.73 Å². The molecule has 2 aromatic carbocycles. The molecule has 1 aliphatic rings. The molecule has 2 heterocycles. The number of aryl methyl sites for hydroxylation is 2. The van der Waals surface area contributed by atoms with Crippen LogP contribution in [-0.2, 0) is 16.0 Å². The summed E-state index contributed by atoms with van der Waals surface area (Å²) in [6, 6.07) is 13.9. The molecule has 3 aromatic rings. The van der Waals surface area contributed by atoms with Crippen molar-refractivity contribution in [3.63, 3.8) is 0 Å². The van der Waals surface area contributed by atoms with Gasteiger partial charge >= 0.3 is 5.97 Å². The molecule has 1 aliphatic heterocycles. The van der Waals surface area contributed by atoms with E-state index in [1.807, 2.05) is 30.3 Å². The monoisotopic (exact) mass is 424 g/mol. The maximum atomic E-state index is 11.8. The normalized spacial score (nSPS) is 15.0. The fraction of sp³-hybridized carbons (Fsp3) is 0.227. The number of primary amides is 1. The predicted octanol–water partition coefficient (Wildman–Crippen LogP) is 3.95. The maximum absolute atomic E-state index is 11.8. The number of nitrogens with zero attached hydrogens (tertiary/aromatic N) is 1. The molecule has 7 nitrogen and oxygen atoms in total. The molecule has 0 unspecified atom stereocenters. The van der Waals surface area contributed by atoms with Crippen molar-refractivity contribution in [1.29, 1.82) is 0 Å². The zero-order valence-electron chi connectivity index (χ0n) is 16.3. The van der Waals surface area contributed by atoms with E-state index in [-0.39, 0.29) is 11.0 Å². The van der Waals surface area contributed by atoms with Crippen LogP contribution < -0.4 is 15.2 Å². The summed E-state index contributed by atoms with van der Waals surface area (Å²) in [5, 5.41) is 0.301. The van der Waals surface area contributed by atoms with Gasteiger partial charge in [-0.05, 0) is 54.7 Å². The van der Waals surface area contributed by atoms with Crippen LogP contribution in [0.25, 0.3) is 0 Å². The zero-order valence-corrected chi connectivity index (χ0v) is 17.1. The van der Waals surface area contributed by atoms with Crippen LogP contribution in [0.5, 0.6) is 16.7 Å². The molecule has 2 N–H and O–H groups in total. The van der Waals surface area contributed by atoms with Gasteiger partial charge in [-0.1, -0.05) is 35.6 Å². The Balaban J connectivity index is 1.43. The Morgan fingerprint density at radius 2 is 2.10 bits per heavy atom. The minimum Gasteiger partial charge on any atom is -0.485 e. The number of hydrogen-bond donors (Lipinski definition) is 1. The van der Waals surface area contributed by atoms with Gasteiger partial charge in [0.25, 0.3) is 11.1 Å². The molecule has 0 fully saturated rings. The van der Waals surface area contributed by atoms with E-state index in [0.717, 1.165) is 35.5 Å². The highest BCUT2D eigenvalue weighted by molar-refractivity contribution is 7.15. The van der Waals surface area contributed by atoms with Gasteiger partial charge in [0.2, 0.25) is 0 Å². The van der Waals surface area contributed by atoms with E-state index in [1.165, 1.54) is 17.3 Å². The summed E-state index contributed by atoms with van der Waals surface area (Å²) in [6.45, 7) is 1.62. The predicted molar refractivity (Wildman–Crippen MR) is 111 cm³/mol. The van der Waals surface area contributed by atoms with Crippen LogP contribution in [0.15, 0.2) is 48.7 Å². The quantitative estimate of drug-likeness (QED) is 0.601. The van der Waals surface area contributed by atoms with Crippen LogP contribution in [0.4, 0.5) is 0 Å². The van der Waals surface area contributed by atoms with Crippen LogP contribution >= 0.6 is 11.3 Å². The highest BCUT2D eigenvalue weighted by Crippen LogP contribution is 2.38. The van der Waals surface area contributed by atoms with Crippen LogP contribution in [0.1, 0.15) is 38.9 Å². The largest absolute Gasteiger partial charge is 0.485 e. The summed E-state index contributed by atoms with van der Waals surface area (Å²) >= 11 is 1.03. The van der Waals surface area contributed by atoms with Crippen molar-refractivity contribution in [1.82, 2.24) is 4.98 Å². The third kappa shape index (κ3) is 4.44. The van der Waals surface area contributed by atoms with E-state index in [0.29, 0.717) is 10.9 Å². The third-order valence-corrected chi connectivity index (χ3v) is 5.60.